The van der Waals surface area contributed by atoms with Gasteiger partial charge in [-0.3, -0.25) is 4.55 Å². The topological polar surface area (TPSA) is 105 Å². The van der Waals surface area contributed by atoms with Gasteiger partial charge in [0.25, 0.3) is 0 Å². The van der Waals surface area contributed by atoms with E-state index in [0.29, 0.717) is 18.0 Å². The molecule has 4 rings (SSSR count). The molecule has 0 saturated carbocycles. The van der Waals surface area contributed by atoms with Gasteiger partial charge in [0.05, 0.1) is 17.6 Å². The fourth-order valence-corrected chi connectivity index (χ4v) is 4.30. The number of nitrogens with one attached hydrogen (secondary N) is 1. The number of anilines is 2. The van der Waals surface area contributed by atoms with Gasteiger partial charge < -0.3 is 10.1 Å². The van der Waals surface area contributed by atoms with Crippen LogP contribution in [0.25, 0.3) is 10.2 Å². The number of hydrogen-bond acceptors (Lipinski definition) is 7. The molecule has 0 bridgehead atoms. The highest BCUT2D eigenvalue weighted by Crippen LogP contribution is 2.32. The van der Waals surface area contributed by atoms with Crippen LogP contribution in [0.3, 0.4) is 0 Å². The lowest BCUT2D eigenvalue weighted by atomic mass is 10.2. The van der Waals surface area contributed by atoms with E-state index >= 15 is 0 Å². The molecule has 1 fully saturated rings. The van der Waals surface area contributed by atoms with E-state index in [1.54, 1.807) is 0 Å². The van der Waals surface area contributed by atoms with Gasteiger partial charge in [-0.25, -0.2) is 9.97 Å². The molecule has 10 heteroatoms. The van der Waals surface area contributed by atoms with Gasteiger partial charge in [0.1, 0.15) is 28.8 Å². The molecule has 1 aromatic carbocycles. The third-order valence-electron chi connectivity index (χ3n) is 4.13. The number of nitrogens with zero attached hydrogens (tertiary/aromatic N) is 3. The highest BCUT2D eigenvalue weighted by Gasteiger charge is 2.31. The summed E-state index contributed by atoms with van der Waals surface area (Å²) in [4.78, 5) is 9.42. The maximum atomic E-state index is 11.2. The third-order valence-corrected chi connectivity index (χ3v) is 5.93. The van der Waals surface area contributed by atoms with Crippen molar-refractivity contribution in [2.24, 2.45) is 0 Å². The second kappa shape index (κ2) is 6.80. The lowest BCUT2D eigenvalue weighted by molar-refractivity contribution is 0.215. The van der Waals surface area contributed by atoms with Gasteiger partial charge in [0, 0.05) is 6.54 Å². The molecule has 26 heavy (non-hydrogen) atoms. The summed E-state index contributed by atoms with van der Waals surface area (Å²) >= 11 is 1.54. The maximum absolute atomic E-state index is 11.2. The van der Waals surface area contributed by atoms with Crippen molar-refractivity contribution in [1.82, 2.24) is 14.3 Å². The van der Waals surface area contributed by atoms with Crippen molar-refractivity contribution in [1.29, 1.82) is 0 Å². The monoisotopic (exact) mass is 392 g/mol. The van der Waals surface area contributed by atoms with Gasteiger partial charge in [-0.15, -0.1) is 11.3 Å². The zero-order chi connectivity index (χ0) is 18.1. The summed E-state index contributed by atoms with van der Waals surface area (Å²) in [7, 11) is -4.18. The van der Waals surface area contributed by atoms with E-state index in [1.165, 1.54) is 17.7 Å². The van der Waals surface area contributed by atoms with Gasteiger partial charge in [-0.1, -0.05) is 12.1 Å². The van der Waals surface area contributed by atoms with E-state index in [-0.39, 0.29) is 19.2 Å². The molecule has 0 amide bonds. The van der Waals surface area contributed by atoms with Crippen molar-refractivity contribution in [2.75, 3.05) is 18.4 Å². The van der Waals surface area contributed by atoms with Gasteiger partial charge in [0.15, 0.2) is 0 Å². The number of rotatable bonds is 5. The Labute approximate surface area is 154 Å². The van der Waals surface area contributed by atoms with E-state index < -0.39 is 10.3 Å². The molecule has 1 aliphatic rings. The minimum Gasteiger partial charge on any atom is -0.487 e. The maximum Gasteiger partial charge on any atom is 0.336 e. The third kappa shape index (κ3) is 3.49. The van der Waals surface area contributed by atoms with Gasteiger partial charge >= 0.3 is 10.3 Å². The number of ether oxygens (including phenoxy) is 1. The van der Waals surface area contributed by atoms with E-state index in [2.05, 4.69) is 15.3 Å². The molecule has 1 aliphatic heterocycles. The standard InChI is InChI=1S/C16H16N4O4S2/c21-26(22,23)20-7-5-11(9-20)24-14-4-2-1-3-13(14)19-15-12-6-8-25-16(12)18-10-17-15/h1-4,6,8,10-11H,5,7,9H2,(H,17,18,19)(H,21,22,23). The predicted molar refractivity (Wildman–Crippen MR) is 99.3 cm³/mol. The molecular weight excluding hydrogens is 376 g/mol. The van der Waals surface area contributed by atoms with Crippen LogP contribution in [-0.2, 0) is 10.3 Å². The Morgan fingerprint density at radius 2 is 2.12 bits per heavy atom. The second-order valence-electron chi connectivity index (χ2n) is 5.85. The van der Waals surface area contributed by atoms with Crippen LogP contribution in [-0.4, -0.2) is 46.4 Å². The molecule has 0 spiro atoms. The SMILES string of the molecule is O=S(=O)(O)N1CCC(Oc2ccccc2Nc2ncnc3sccc23)C1. The van der Waals surface area contributed by atoms with Crippen molar-refractivity contribution < 1.29 is 17.7 Å². The molecule has 8 nitrogen and oxygen atoms in total. The lowest BCUT2D eigenvalue weighted by Crippen LogP contribution is -2.30. The van der Waals surface area contributed by atoms with E-state index in [1.807, 2.05) is 35.7 Å². The number of aromatic nitrogens is 2. The molecule has 136 valence electrons. The van der Waals surface area contributed by atoms with Crippen LogP contribution >= 0.6 is 11.3 Å². The van der Waals surface area contributed by atoms with Crippen LogP contribution in [0.15, 0.2) is 42.0 Å². The number of para-hydroxylation sites is 2. The van der Waals surface area contributed by atoms with E-state index in [4.69, 9.17) is 9.29 Å². The molecule has 1 saturated heterocycles. The summed E-state index contributed by atoms with van der Waals surface area (Å²) in [5, 5.41) is 6.14. The fourth-order valence-electron chi connectivity index (χ4n) is 2.87. The Kier molecular flexibility index (Phi) is 4.49. The molecular formula is C16H16N4O4S2. The van der Waals surface area contributed by atoms with Crippen LogP contribution in [0.4, 0.5) is 11.5 Å². The Bertz CT molecular complexity index is 1040. The van der Waals surface area contributed by atoms with Crippen molar-refractivity contribution in [3.63, 3.8) is 0 Å². The molecule has 3 heterocycles. The Hall–Kier alpha value is -2.27. The fraction of sp³-hybridized carbons (Fsp3) is 0.250. The lowest BCUT2D eigenvalue weighted by Gasteiger charge is -2.17. The zero-order valence-corrected chi connectivity index (χ0v) is 15.2. The van der Waals surface area contributed by atoms with E-state index in [0.717, 1.165) is 20.2 Å². The van der Waals surface area contributed by atoms with Crippen LogP contribution in [0, 0.1) is 0 Å². The van der Waals surface area contributed by atoms with E-state index in [9.17, 15) is 8.42 Å². The first-order valence-electron chi connectivity index (χ1n) is 7.94. The molecule has 0 radical (unpaired) electrons. The summed E-state index contributed by atoms with van der Waals surface area (Å²) in [6, 6.07) is 9.35. The average molecular weight is 392 g/mol. The molecule has 3 aromatic rings. The van der Waals surface area contributed by atoms with Gasteiger partial charge in [0.2, 0.25) is 0 Å². The normalized spacial score (nSPS) is 18.3. The molecule has 0 aliphatic carbocycles. The Morgan fingerprint density at radius 1 is 1.27 bits per heavy atom. The van der Waals surface area contributed by atoms with Gasteiger partial charge in [-0.05, 0) is 30.0 Å². The average Bonchev–Trinajstić information content (AvgIpc) is 3.26. The van der Waals surface area contributed by atoms with Crippen LogP contribution in [0.5, 0.6) is 5.75 Å². The summed E-state index contributed by atoms with van der Waals surface area (Å²) in [5.74, 6) is 1.27. The van der Waals surface area contributed by atoms with Crippen LogP contribution in [0.1, 0.15) is 6.42 Å². The van der Waals surface area contributed by atoms with Crippen molar-refractivity contribution in [3.05, 3.63) is 42.0 Å². The minimum absolute atomic E-state index is 0.120. The van der Waals surface area contributed by atoms with Crippen LogP contribution < -0.4 is 10.1 Å². The smallest absolute Gasteiger partial charge is 0.336 e. The zero-order valence-electron chi connectivity index (χ0n) is 13.6. The predicted octanol–water partition coefficient (Wildman–Crippen LogP) is 2.69. The van der Waals surface area contributed by atoms with Gasteiger partial charge in [-0.2, -0.15) is 12.7 Å². The van der Waals surface area contributed by atoms with Crippen molar-refractivity contribution >= 4 is 43.4 Å². The number of hydrogen-bond donors (Lipinski definition) is 2. The minimum atomic E-state index is -4.18. The number of thiophene rings is 1. The van der Waals surface area contributed by atoms with Crippen LogP contribution in [0.2, 0.25) is 0 Å². The highest BCUT2D eigenvalue weighted by molar-refractivity contribution is 7.83. The summed E-state index contributed by atoms with van der Waals surface area (Å²) in [5.41, 5.74) is 0.726. The first-order valence-corrected chi connectivity index (χ1v) is 10.2. The quantitative estimate of drug-likeness (QED) is 0.643. The number of benzene rings is 1. The first-order chi connectivity index (χ1) is 12.5. The molecule has 2 N–H and O–H groups in total. The van der Waals surface area contributed by atoms with Crippen molar-refractivity contribution in [2.45, 2.75) is 12.5 Å². The Balaban J connectivity index is 1.55. The highest BCUT2D eigenvalue weighted by atomic mass is 32.2. The molecule has 1 unspecified atom stereocenters. The largest absolute Gasteiger partial charge is 0.487 e. The molecule has 1 atom stereocenters. The molecule has 2 aromatic heterocycles. The summed E-state index contributed by atoms with van der Waals surface area (Å²) in [6.45, 7) is 0.357. The Morgan fingerprint density at radius 3 is 2.92 bits per heavy atom. The summed E-state index contributed by atoms with van der Waals surface area (Å²) < 4.78 is 38.6. The first kappa shape index (κ1) is 17.2. The second-order valence-corrected chi connectivity index (χ2v) is 8.15. The van der Waals surface area contributed by atoms with Crippen molar-refractivity contribution in [3.8, 4) is 5.75 Å². The number of fused-ring (bicyclic) bond motifs is 1. The summed E-state index contributed by atoms with van der Waals surface area (Å²) in [6.07, 6.45) is 1.69.